The minimum absolute atomic E-state index is 0.0668. The van der Waals surface area contributed by atoms with Crippen molar-refractivity contribution in [3.05, 3.63) is 48.0 Å². The van der Waals surface area contributed by atoms with Crippen LogP contribution in [0.15, 0.2) is 42.5 Å². The fourth-order valence-corrected chi connectivity index (χ4v) is 1.58. The molecule has 1 unspecified atom stereocenters. The van der Waals surface area contributed by atoms with Gasteiger partial charge in [-0.25, -0.2) is 0 Å². The normalized spacial score (nSPS) is 12.5. The largest absolute Gasteiger partial charge is 0.458 e. The zero-order valence-corrected chi connectivity index (χ0v) is 11.1. The van der Waals surface area contributed by atoms with Crippen LogP contribution < -0.4 is 0 Å². The highest BCUT2D eigenvalue weighted by molar-refractivity contribution is 5.66. The first kappa shape index (κ1) is 15.4. The molecule has 1 aromatic rings. The predicted octanol–water partition coefficient (Wildman–Crippen LogP) is 2.07. The Morgan fingerprint density at radius 1 is 1.37 bits per heavy atom. The lowest BCUT2D eigenvalue weighted by molar-refractivity contribution is -0.144. The Balaban J connectivity index is 2.27. The summed E-state index contributed by atoms with van der Waals surface area (Å²) >= 11 is 0. The Labute approximate surface area is 113 Å². The highest BCUT2D eigenvalue weighted by atomic mass is 16.5. The first-order valence-electron chi connectivity index (χ1n) is 6.28. The van der Waals surface area contributed by atoms with Crippen LogP contribution in [-0.2, 0) is 20.9 Å². The van der Waals surface area contributed by atoms with Crippen LogP contribution >= 0.6 is 0 Å². The van der Waals surface area contributed by atoms with Crippen LogP contribution in [0.1, 0.15) is 18.9 Å². The summed E-state index contributed by atoms with van der Waals surface area (Å²) < 4.78 is 10.6. The number of carbonyl (C=O) groups is 1. The Hall–Kier alpha value is -1.65. The molecule has 4 nitrogen and oxygen atoms in total. The zero-order chi connectivity index (χ0) is 13.9. The summed E-state index contributed by atoms with van der Waals surface area (Å²) in [6.45, 7) is 2.33. The highest BCUT2D eigenvalue weighted by Crippen LogP contribution is 2.05. The summed E-state index contributed by atoms with van der Waals surface area (Å²) in [5, 5.41) is 8.71. The molecule has 0 spiro atoms. The highest BCUT2D eigenvalue weighted by Gasteiger charge is 2.07. The third-order valence-corrected chi connectivity index (χ3v) is 2.43. The minimum atomic E-state index is -0.347. The van der Waals surface area contributed by atoms with Crippen molar-refractivity contribution >= 4 is 5.97 Å². The molecule has 1 atom stereocenters. The predicted molar refractivity (Wildman–Crippen MR) is 72.5 cm³/mol. The van der Waals surface area contributed by atoms with Gasteiger partial charge in [-0.2, -0.15) is 0 Å². The van der Waals surface area contributed by atoms with Gasteiger partial charge in [0.25, 0.3) is 0 Å². The van der Waals surface area contributed by atoms with E-state index in [0.717, 1.165) is 5.56 Å². The van der Waals surface area contributed by atoms with Gasteiger partial charge in [0, 0.05) is 13.3 Å². The standard InChI is InChI=1S/C15H20O4/c1-13(17)19-15(8-5-10-16)9-11-18-12-14-6-3-2-4-7-14/h2-8,15-16H,9-12H2,1H3/b8-5-. The summed E-state index contributed by atoms with van der Waals surface area (Å²) in [7, 11) is 0. The molecule has 0 bridgehead atoms. The number of ether oxygens (including phenoxy) is 2. The average molecular weight is 264 g/mol. The van der Waals surface area contributed by atoms with E-state index >= 15 is 0 Å². The molecule has 19 heavy (non-hydrogen) atoms. The van der Waals surface area contributed by atoms with Crippen LogP contribution in [0.25, 0.3) is 0 Å². The molecule has 0 heterocycles. The van der Waals surface area contributed by atoms with Gasteiger partial charge in [-0.15, -0.1) is 0 Å². The summed E-state index contributed by atoms with van der Waals surface area (Å²) in [5.41, 5.74) is 1.11. The fraction of sp³-hybridized carbons (Fsp3) is 0.400. The van der Waals surface area contributed by atoms with Crippen molar-refractivity contribution in [2.75, 3.05) is 13.2 Å². The van der Waals surface area contributed by atoms with E-state index in [1.807, 2.05) is 30.3 Å². The van der Waals surface area contributed by atoms with E-state index in [1.165, 1.54) is 6.92 Å². The van der Waals surface area contributed by atoms with E-state index in [0.29, 0.717) is 19.6 Å². The minimum Gasteiger partial charge on any atom is -0.458 e. The van der Waals surface area contributed by atoms with Gasteiger partial charge in [-0.1, -0.05) is 36.4 Å². The molecule has 0 aliphatic rings. The number of benzene rings is 1. The SMILES string of the molecule is CC(=O)OC(/C=C\CO)CCOCc1ccccc1. The van der Waals surface area contributed by atoms with Crippen LogP contribution in [-0.4, -0.2) is 30.4 Å². The zero-order valence-electron chi connectivity index (χ0n) is 11.1. The topological polar surface area (TPSA) is 55.8 Å². The van der Waals surface area contributed by atoms with Gasteiger partial charge in [-0.3, -0.25) is 4.79 Å². The Morgan fingerprint density at radius 3 is 2.74 bits per heavy atom. The van der Waals surface area contributed by atoms with Crippen molar-refractivity contribution in [3.63, 3.8) is 0 Å². The molecular weight excluding hydrogens is 244 g/mol. The van der Waals surface area contributed by atoms with Gasteiger partial charge in [-0.05, 0) is 11.6 Å². The number of hydrogen-bond donors (Lipinski definition) is 1. The molecule has 104 valence electrons. The van der Waals surface area contributed by atoms with E-state index in [1.54, 1.807) is 12.2 Å². The lowest BCUT2D eigenvalue weighted by Crippen LogP contribution is -2.16. The quantitative estimate of drug-likeness (QED) is 0.443. The number of hydrogen-bond acceptors (Lipinski definition) is 4. The lowest BCUT2D eigenvalue weighted by atomic mass is 10.2. The molecule has 0 saturated heterocycles. The maximum absolute atomic E-state index is 10.9. The van der Waals surface area contributed by atoms with E-state index in [-0.39, 0.29) is 18.7 Å². The second-order valence-corrected chi connectivity index (χ2v) is 4.09. The summed E-state index contributed by atoms with van der Waals surface area (Å²) in [5.74, 6) is -0.337. The van der Waals surface area contributed by atoms with Crippen LogP contribution in [0.3, 0.4) is 0 Å². The third-order valence-electron chi connectivity index (χ3n) is 2.43. The van der Waals surface area contributed by atoms with Gasteiger partial charge in [0.2, 0.25) is 0 Å². The molecule has 0 aliphatic carbocycles. The first-order chi connectivity index (χ1) is 9.22. The molecular formula is C15H20O4. The van der Waals surface area contributed by atoms with Crippen LogP contribution in [0.5, 0.6) is 0 Å². The molecule has 1 rings (SSSR count). The van der Waals surface area contributed by atoms with E-state index < -0.39 is 0 Å². The van der Waals surface area contributed by atoms with Crippen molar-refractivity contribution in [2.45, 2.75) is 26.1 Å². The number of rotatable bonds is 8. The smallest absolute Gasteiger partial charge is 0.303 e. The lowest BCUT2D eigenvalue weighted by Gasteiger charge is -2.13. The van der Waals surface area contributed by atoms with Gasteiger partial charge in [0.15, 0.2) is 0 Å². The number of aliphatic hydroxyl groups excluding tert-OH is 1. The molecule has 0 radical (unpaired) electrons. The number of aliphatic hydroxyl groups is 1. The summed E-state index contributed by atoms with van der Waals surface area (Å²) in [6, 6.07) is 9.87. The molecule has 0 fully saturated rings. The second kappa shape index (κ2) is 9.30. The van der Waals surface area contributed by atoms with E-state index in [9.17, 15) is 4.79 Å². The maximum Gasteiger partial charge on any atom is 0.303 e. The molecule has 4 heteroatoms. The molecule has 0 aromatic heterocycles. The maximum atomic E-state index is 10.9. The van der Waals surface area contributed by atoms with Crippen molar-refractivity contribution in [3.8, 4) is 0 Å². The van der Waals surface area contributed by atoms with Gasteiger partial charge >= 0.3 is 5.97 Å². The molecule has 0 saturated carbocycles. The third kappa shape index (κ3) is 7.39. The van der Waals surface area contributed by atoms with Crippen LogP contribution in [0.2, 0.25) is 0 Å². The van der Waals surface area contributed by atoms with Crippen LogP contribution in [0, 0.1) is 0 Å². The Bertz CT molecular complexity index is 386. The first-order valence-corrected chi connectivity index (χ1v) is 6.28. The molecule has 1 aromatic carbocycles. The fourth-order valence-electron chi connectivity index (χ4n) is 1.58. The number of carbonyl (C=O) groups excluding carboxylic acids is 1. The number of esters is 1. The Morgan fingerprint density at radius 2 is 2.11 bits per heavy atom. The van der Waals surface area contributed by atoms with Crippen molar-refractivity contribution in [1.29, 1.82) is 0 Å². The molecule has 0 amide bonds. The summed E-state index contributed by atoms with van der Waals surface area (Å²) in [4.78, 5) is 10.9. The van der Waals surface area contributed by atoms with Crippen molar-refractivity contribution in [2.24, 2.45) is 0 Å². The van der Waals surface area contributed by atoms with Crippen molar-refractivity contribution in [1.82, 2.24) is 0 Å². The average Bonchev–Trinajstić information content (AvgIpc) is 2.41. The van der Waals surface area contributed by atoms with Crippen molar-refractivity contribution < 1.29 is 19.4 Å². The molecule has 0 aliphatic heterocycles. The van der Waals surface area contributed by atoms with Gasteiger partial charge in [0.05, 0.1) is 19.8 Å². The Kier molecular flexibility index (Phi) is 7.54. The van der Waals surface area contributed by atoms with E-state index in [2.05, 4.69) is 0 Å². The van der Waals surface area contributed by atoms with Gasteiger partial charge < -0.3 is 14.6 Å². The monoisotopic (exact) mass is 264 g/mol. The summed E-state index contributed by atoms with van der Waals surface area (Å²) in [6.07, 6.45) is 3.46. The molecule has 1 N–H and O–H groups in total. The second-order valence-electron chi connectivity index (χ2n) is 4.09. The van der Waals surface area contributed by atoms with Gasteiger partial charge in [0.1, 0.15) is 6.10 Å². The van der Waals surface area contributed by atoms with Crippen LogP contribution in [0.4, 0.5) is 0 Å². The van der Waals surface area contributed by atoms with E-state index in [4.69, 9.17) is 14.6 Å².